The molecule has 5 nitrogen and oxygen atoms in total. The van der Waals surface area contributed by atoms with Crippen molar-refractivity contribution in [2.45, 2.75) is 13.5 Å². The fraction of sp³-hybridized carbons (Fsp3) is 0.167. The van der Waals surface area contributed by atoms with Gasteiger partial charge in [-0.2, -0.15) is 5.26 Å². The van der Waals surface area contributed by atoms with Gasteiger partial charge in [-0.15, -0.1) is 0 Å². The number of amides is 2. The Balaban J connectivity index is 2.08. The van der Waals surface area contributed by atoms with Gasteiger partial charge in [0.25, 0.3) is 0 Å². The van der Waals surface area contributed by atoms with Crippen molar-refractivity contribution in [1.82, 2.24) is 4.90 Å². The number of nitriles is 1. The maximum absolute atomic E-state index is 12.3. The predicted octanol–water partition coefficient (Wildman–Crippen LogP) is 2.55. The van der Waals surface area contributed by atoms with E-state index in [1.54, 1.807) is 24.3 Å². The van der Waals surface area contributed by atoms with E-state index in [9.17, 15) is 9.59 Å². The number of hydrogen-bond donors (Lipinski definition) is 1. The number of carbonyl (C=O) groups excluding carboxylic acids is 2. The Morgan fingerprint density at radius 1 is 1.09 bits per heavy atom. The van der Waals surface area contributed by atoms with E-state index in [1.807, 2.05) is 43.3 Å². The second kappa shape index (κ2) is 7.76. The normalized spacial score (nSPS) is 9.74. The van der Waals surface area contributed by atoms with Gasteiger partial charge in [-0.3, -0.25) is 9.59 Å². The molecule has 2 amide bonds. The number of nitrogens with one attached hydrogen (secondary N) is 1. The van der Waals surface area contributed by atoms with Crippen molar-refractivity contribution >= 4 is 17.5 Å². The van der Waals surface area contributed by atoms with Crippen LogP contribution in [0.25, 0.3) is 0 Å². The summed E-state index contributed by atoms with van der Waals surface area (Å²) in [6, 6.07) is 18.0. The lowest BCUT2D eigenvalue weighted by atomic mass is 10.2. The summed E-state index contributed by atoms with van der Waals surface area (Å²) in [7, 11) is 0. The summed E-state index contributed by atoms with van der Waals surface area (Å²) < 4.78 is 0. The summed E-state index contributed by atoms with van der Waals surface area (Å²) in [6.45, 7) is 2.60. The third kappa shape index (κ3) is 4.17. The van der Waals surface area contributed by atoms with Crippen LogP contribution in [-0.4, -0.2) is 23.3 Å². The first-order valence-corrected chi connectivity index (χ1v) is 7.29. The zero-order valence-electron chi connectivity index (χ0n) is 12.8. The van der Waals surface area contributed by atoms with E-state index in [4.69, 9.17) is 5.26 Å². The molecule has 2 aromatic rings. The number of benzene rings is 2. The van der Waals surface area contributed by atoms with Gasteiger partial charge in [-0.1, -0.05) is 42.5 Å². The zero-order chi connectivity index (χ0) is 16.7. The summed E-state index contributed by atoms with van der Waals surface area (Å²) in [5.41, 5.74) is 1.61. The Morgan fingerprint density at radius 2 is 1.74 bits per heavy atom. The first-order chi connectivity index (χ1) is 11.2. The number of hydrogen-bond acceptors (Lipinski definition) is 3. The molecular formula is C18H17N3O2. The van der Waals surface area contributed by atoms with E-state index in [1.165, 1.54) is 4.90 Å². The Kier molecular flexibility index (Phi) is 5.48. The van der Waals surface area contributed by atoms with Crippen molar-refractivity contribution in [3.8, 4) is 6.07 Å². The van der Waals surface area contributed by atoms with Crippen molar-refractivity contribution in [1.29, 1.82) is 5.26 Å². The van der Waals surface area contributed by atoms with Crippen LogP contribution in [-0.2, 0) is 16.1 Å². The molecule has 0 atom stereocenters. The molecule has 1 N–H and O–H groups in total. The monoisotopic (exact) mass is 307 g/mol. The molecule has 0 aliphatic rings. The third-order valence-electron chi connectivity index (χ3n) is 3.38. The van der Waals surface area contributed by atoms with Crippen LogP contribution < -0.4 is 5.32 Å². The second-order valence-electron chi connectivity index (χ2n) is 4.92. The third-order valence-corrected chi connectivity index (χ3v) is 3.38. The van der Waals surface area contributed by atoms with Crippen LogP contribution >= 0.6 is 0 Å². The minimum absolute atomic E-state index is 0.319. The zero-order valence-corrected chi connectivity index (χ0v) is 12.8. The van der Waals surface area contributed by atoms with Crippen LogP contribution in [0.5, 0.6) is 0 Å². The van der Waals surface area contributed by atoms with Gasteiger partial charge in [0.1, 0.15) is 6.07 Å². The van der Waals surface area contributed by atoms with E-state index < -0.39 is 11.8 Å². The highest BCUT2D eigenvalue weighted by molar-refractivity contribution is 6.39. The molecule has 2 aromatic carbocycles. The lowest BCUT2D eigenvalue weighted by Crippen LogP contribution is -2.39. The van der Waals surface area contributed by atoms with Gasteiger partial charge in [0.15, 0.2) is 0 Å². The van der Waals surface area contributed by atoms with Crippen molar-refractivity contribution in [2.24, 2.45) is 0 Å². The van der Waals surface area contributed by atoms with E-state index in [0.29, 0.717) is 24.3 Å². The molecule has 23 heavy (non-hydrogen) atoms. The predicted molar refractivity (Wildman–Crippen MR) is 87.3 cm³/mol. The lowest BCUT2D eigenvalue weighted by Gasteiger charge is -2.20. The molecule has 0 radical (unpaired) electrons. The summed E-state index contributed by atoms with van der Waals surface area (Å²) in [4.78, 5) is 25.9. The van der Waals surface area contributed by atoms with E-state index >= 15 is 0 Å². The molecule has 2 rings (SSSR count). The van der Waals surface area contributed by atoms with Crippen LogP contribution in [0.1, 0.15) is 18.1 Å². The van der Waals surface area contributed by atoms with Crippen molar-refractivity contribution in [2.75, 3.05) is 11.9 Å². The van der Waals surface area contributed by atoms with Gasteiger partial charge in [0.2, 0.25) is 0 Å². The van der Waals surface area contributed by atoms with Crippen molar-refractivity contribution < 1.29 is 9.59 Å². The Morgan fingerprint density at radius 3 is 2.39 bits per heavy atom. The minimum Gasteiger partial charge on any atom is -0.330 e. The Hall–Kier alpha value is -3.13. The highest BCUT2D eigenvalue weighted by Crippen LogP contribution is 2.14. The van der Waals surface area contributed by atoms with E-state index in [0.717, 1.165) is 5.56 Å². The summed E-state index contributed by atoms with van der Waals surface area (Å²) in [5, 5.41) is 11.5. The number of nitrogens with zero attached hydrogens (tertiary/aromatic N) is 2. The van der Waals surface area contributed by atoms with Crippen LogP contribution in [0.3, 0.4) is 0 Å². The molecule has 116 valence electrons. The van der Waals surface area contributed by atoms with Gasteiger partial charge >= 0.3 is 11.8 Å². The molecule has 0 saturated heterocycles. The minimum atomic E-state index is -0.745. The number of para-hydroxylation sites is 1. The summed E-state index contributed by atoms with van der Waals surface area (Å²) >= 11 is 0. The average Bonchev–Trinajstić information content (AvgIpc) is 2.60. The maximum Gasteiger partial charge on any atom is 0.313 e. The number of likely N-dealkylation sites (N-methyl/N-ethyl adjacent to an activating group) is 1. The van der Waals surface area contributed by atoms with Crippen LogP contribution in [0.2, 0.25) is 0 Å². The lowest BCUT2D eigenvalue weighted by molar-refractivity contribution is -0.143. The van der Waals surface area contributed by atoms with Crippen molar-refractivity contribution in [3.05, 3.63) is 65.7 Å². The molecule has 0 aromatic heterocycles. The molecular weight excluding hydrogens is 290 g/mol. The summed E-state index contributed by atoms with van der Waals surface area (Å²) in [6.07, 6.45) is 0. The summed E-state index contributed by atoms with van der Waals surface area (Å²) in [5.74, 6) is -1.37. The largest absolute Gasteiger partial charge is 0.330 e. The van der Waals surface area contributed by atoms with Crippen LogP contribution in [0.15, 0.2) is 54.6 Å². The maximum atomic E-state index is 12.3. The Labute approximate surface area is 135 Å². The molecule has 0 heterocycles. The van der Waals surface area contributed by atoms with Gasteiger partial charge in [-0.25, -0.2) is 0 Å². The fourth-order valence-electron chi connectivity index (χ4n) is 2.14. The van der Waals surface area contributed by atoms with Crippen LogP contribution in [0.4, 0.5) is 5.69 Å². The molecule has 5 heteroatoms. The quantitative estimate of drug-likeness (QED) is 0.882. The van der Waals surface area contributed by atoms with Gasteiger partial charge in [-0.05, 0) is 24.6 Å². The van der Waals surface area contributed by atoms with E-state index in [-0.39, 0.29) is 0 Å². The molecule has 0 fully saturated rings. The number of carbonyl (C=O) groups is 2. The van der Waals surface area contributed by atoms with Crippen LogP contribution in [0, 0.1) is 11.3 Å². The second-order valence-corrected chi connectivity index (χ2v) is 4.92. The highest BCUT2D eigenvalue weighted by Gasteiger charge is 2.21. The SMILES string of the molecule is CCN(Cc1ccccc1)C(=O)C(=O)Nc1ccccc1C#N. The topological polar surface area (TPSA) is 73.2 Å². The molecule has 0 aliphatic heterocycles. The standard InChI is InChI=1S/C18H17N3O2/c1-2-21(13-14-8-4-3-5-9-14)18(23)17(22)20-16-11-7-6-10-15(16)12-19/h3-11H,2,13H2,1H3,(H,20,22). The van der Waals surface area contributed by atoms with Gasteiger partial charge < -0.3 is 10.2 Å². The van der Waals surface area contributed by atoms with Crippen molar-refractivity contribution in [3.63, 3.8) is 0 Å². The average molecular weight is 307 g/mol. The molecule has 0 spiro atoms. The molecule has 0 aliphatic carbocycles. The number of rotatable bonds is 4. The first kappa shape index (κ1) is 16.2. The number of anilines is 1. The van der Waals surface area contributed by atoms with Gasteiger partial charge in [0.05, 0.1) is 11.3 Å². The molecule has 0 bridgehead atoms. The smallest absolute Gasteiger partial charge is 0.313 e. The van der Waals surface area contributed by atoms with Gasteiger partial charge in [0, 0.05) is 13.1 Å². The fourth-order valence-corrected chi connectivity index (χ4v) is 2.14. The Bertz CT molecular complexity index is 735. The molecule has 0 saturated carbocycles. The molecule has 0 unspecified atom stereocenters. The van der Waals surface area contributed by atoms with E-state index in [2.05, 4.69) is 5.32 Å². The highest BCUT2D eigenvalue weighted by atomic mass is 16.2. The first-order valence-electron chi connectivity index (χ1n) is 7.29.